The first kappa shape index (κ1) is 13.5. The zero-order chi connectivity index (χ0) is 14.3. The monoisotopic (exact) mass is 273 g/mol. The quantitative estimate of drug-likeness (QED) is 0.917. The topological polar surface area (TPSA) is 40.5 Å². The Kier molecular flexibility index (Phi) is 3.45. The van der Waals surface area contributed by atoms with Gasteiger partial charge < -0.3 is 10.0 Å². The van der Waals surface area contributed by atoms with E-state index in [9.17, 15) is 9.90 Å². The number of benzene rings is 1. The van der Waals surface area contributed by atoms with E-state index >= 15 is 0 Å². The molecule has 3 heteroatoms. The molecule has 3 atom stereocenters. The summed E-state index contributed by atoms with van der Waals surface area (Å²) in [7, 11) is 1.91. The number of carbonyl (C=O) groups excluding carboxylic acids is 1. The van der Waals surface area contributed by atoms with E-state index in [4.69, 9.17) is 0 Å². The fraction of sp³-hybridized carbons (Fsp3) is 0.588. The predicted molar refractivity (Wildman–Crippen MR) is 78.2 cm³/mol. The van der Waals surface area contributed by atoms with Gasteiger partial charge in [-0.25, -0.2) is 0 Å². The van der Waals surface area contributed by atoms with Gasteiger partial charge in [-0.3, -0.25) is 4.79 Å². The second kappa shape index (κ2) is 5.12. The Morgan fingerprint density at radius 1 is 1.20 bits per heavy atom. The van der Waals surface area contributed by atoms with Crippen LogP contribution in [0, 0.1) is 17.8 Å². The number of hydrogen-bond acceptors (Lipinski definition) is 2. The summed E-state index contributed by atoms with van der Waals surface area (Å²) in [5.41, 5.74) is 1.07. The standard InChI is InChI=1S/C17H23NO2/c1-11(12-7-9-13(19)10-8-12)18(2)17(20)16-14-5-3-4-6-15(14)16/h7-11,14-16,19H,3-6H2,1-2H3. The van der Waals surface area contributed by atoms with Crippen LogP contribution in [0.3, 0.4) is 0 Å². The number of hydrogen-bond donors (Lipinski definition) is 1. The van der Waals surface area contributed by atoms with E-state index in [0.29, 0.717) is 17.7 Å². The molecule has 1 aromatic rings. The van der Waals surface area contributed by atoms with Crippen LogP contribution < -0.4 is 0 Å². The molecule has 0 bridgehead atoms. The molecule has 20 heavy (non-hydrogen) atoms. The number of phenols is 1. The van der Waals surface area contributed by atoms with Crippen molar-refractivity contribution in [3.05, 3.63) is 29.8 Å². The summed E-state index contributed by atoms with van der Waals surface area (Å²) in [5, 5.41) is 9.34. The number of phenolic OH excluding ortho intramolecular Hbond substituents is 1. The van der Waals surface area contributed by atoms with Crippen LogP contribution >= 0.6 is 0 Å². The third kappa shape index (κ3) is 2.30. The highest BCUT2D eigenvalue weighted by Gasteiger charge is 2.55. The molecule has 2 saturated carbocycles. The minimum Gasteiger partial charge on any atom is -0.508 e. The Balaban J connectivity index is 1.67. The van der Waals surface area contributed by atoms with Gasteiger partial charge in [-0.2, -0.15) is 0 Å². The van der Waals surface area contributed by atoms with Crippen LogP contribution in [-0.2, 0) is 4.79 Å². The van der Waals surface area contributed by atoms with E-state index < -0.39 is 0 Å². The van der Waals surface area contributed by atoms with Crippen LogP contribution in [0.2, 0.25) is 0 Å². The summed E-state index contributed by atoms with van der Waals surface area (Å²) in [6, 6.07) is 7.21. The van der Waals surface area contributed by atoms with Crippen molar-refractivity contribution < 1.29 is 9.90 Å². The summed E-state index contributed by atoms with van der Waals surface area (Å²) in [4.78, 5) is 14.5. The van der Waals surface area contributed by atoms with E-state index in [1.54, 1.807) is 12.1 Å². The second-order valence-corrected chi connectivity index (χ2v) is 6.35. The fourth-order valence-corrected chi connectivity index (χ4v) is 3.76. The van der Waals surface area contributed by atoms with Crippen LogP contribution in [0.15, 0.2) is 24.3 Å². The SMILES string of the molecule is CC(c1ccc(O)cc1)N(C)C(=O)C1C2CCCCC21. The first-order chi connectivity index (χ1) is 9.59. The molecule has 2 aliphatic rings. The van der Waals surface area contributed by atoms with Crippen molar-refractivity contribution in [1.29, 1.82) is 0 Å². The van der Waals surface area contributed by atoms with Gasteiger partial charge >= 0.3 is 0 Å². The molecule has 2 aliphatic carbocycles. The largest absolute Gasteiger partial charge is 0.508 e. The molecule has 3 unspecified atom stereocenters. The van der Waals surface area contributed by atoms with E-state index in [1.807, 2.05) is 24.1 Å². The number of amides is 1. The minimum atomic E-state index is 0.0609. The average molecular weight is 273 g/mol. The zero-order valence-corrected chi connectivity index (χ0v) is 12.2. The smallest absolute Gasteiger partial charge is 0.226 e. The van der Waals surface area contributed by atoms with Gasteiger partial charge in [0.1, 0.15) is 5.75 Å². The van der Waals surface area contributed by atoms with Gasteiger partial charge in [-0.15, -0.1) is 0 Å². The molecule has 1 N–H and O–H groups in total. The molecule has 1 aromatic carbocycles. The Bertz CT molecular complexity index is 484. The van der Waals surface area contributed by atoms with Crippen molar-refractivity contribution in [3.63, 3.8) is 0 Å². The molecule has 3 nitrogen and oxygen atoms in total. The highest BCUT2D eigenvalue weighted by molar-refractivity contribution is 5.82. The lowest BCUT2D eigenvalue weighted by molar-refractivity contribution is -0.133. The molecular formula is C17H23NO2. The fourth-order valence-electron chi connectivity index (χ4n) is 3.76. The maximum atomic E-state index is 12.6. The van der Waals surface area contributed by atoms with Crippen LogP contribution in [-0.4, -0.2) is 23.0 Å². The summed E-state index contributed by atoms with van der Waals surface area (Å²) < 4.78 is 0. The molecular weight excluding hydrogens is 250 g/mol. The maximum Gasteiger partial charge on any atom is 0.226 e. The van der Waals surface area contributed by atoms with Gasteiger partial charge in [0.15, 0.2) is 0 Å². The average Bonchev–Trinajstić information content (AvgIpc) is 3.20. The molecule has 0 spiro atoms. The van der Waals surface area contributed by atoms with Gasteiger partial charge in [0.25, 0.3) is 0 Å². The molecule has 2 fully saturated rings. The van der Waals surface area contributed by atoms with Gasteiger partial charge in [0.05, 0.1) is 6.04 Å². The second-order valence-electron chi connectivity index (χ2n) is 6.35. The third-order valence-electron chi connectivity index (χ3n) is 5.25. The first-order valence-corrected chi connectivity index (χ1v) is 7.65. The highest BCUT2D eigenvalue weighted by Crippen LogP contribution is 2.56. The minimum absolute atomic E-state index is 0.0609. The van der Waals surface area contributed by atoms with Gasteiger partial charge in [-0.1, -0.05) is 25.0 Å². The Morgan fingerprint density at radius 3 is 2.30 bits per heavy atom. The van der Waals surface area contributed by atoms with E-state index in [0.717, 1.165) is 5.56 Å². The summed E-state index contributed by atoms with van der Waals surface area (Å²) >= 11 is 0. The maximum absolute atomic E-state index is 12.6. The van der Waals surface area contributed by atoms with Crippen LogP contribution in [0.5, 0.6) is 5.75 Å². The lowest BCUT2D eigenvalue weighted by Gasteiger charge is -2.26. The van der Waals surface area contributed by atoms with E-state index in [1.165, 1.54) is 25.7 Å². The summed E-state index contributed by atoms with van der Waals surface area (Å²) in [6.07, 6.45) is 5.06. The molecule has 0 radical (unpaired) electrons. The van der Waals surface area contributed by atoms with Crippen molar-refractivity contribution >= 4 is 5.91 Å². The number of aromatic hydroxyl groups is 1. The highest BCUT2D eigenvalue weighted by atomic mass is 16.3. The molecule has 0 saturated heterocycles. The van der Waals surface area contributed by atoms with E-state index in [2.05, 4.69) is 6.92 Å². The Morgan fingerprint density at radius 2 is 1.75 bits per heavy atom. The van der Waals surface area contributed by atoms with Crippen LogP contribution in [0.4, 0.5) is 0 Å². The normalized spacial score (nSPS) is 29.4. The van der Waals surface area contributed by atoms with Crippen molar-refractivity contribution in [2.45, 2.75) is 38.6 Å². The zero-order valence-electron chi connectivity index (χ0n) is 12.2. The number of carbonyl (C=O) groups is 1. The first-order valence-electron chi connectivity index (χ1n) is 7.65. The number of fused-ring (bicyclic) bond motifs is 1. The van der Waals surface area contributed by atoms with Crippen molar-refractivity contribution in [2.24, 2.45) is 17.8 Å². The number of rotatable bonds is 3. The van der Waals surface area contributed by atoms with Crippen molar-refractivity contribution in [2.75, 3.05) is 7.05 Å². The van der Waals surface area contributed by atoms with Gasteiger partial charge in [-0.05, 0) is 49.3 Å². The molecule has 0 aromatic heterocycles. The number of nitrogens with zero attached hydrogens (tertiary/aromatic N) is 1. The summed E-state index contributed by atoms with van der Waals surface area (Å²) in [6.45, 7) is 2.05. The molecule has 3 rings (SSSR count). The van der Waals surface area contributed by atoms with Crippen molar-refractivity contribution in [3.8, 4) is 5.75 Å². The van der Waals surface area contributed by atoms with E-state index in [-0.39, 0.29) is 17.7 Å². The van der Waals surface area contributed by atoms with Crippen molar-refractivity contribution in [1.82, 2.24) is 4.90 Å². The summed E-state index contributed by atoms with van der Waals surface area (Å²) in [5.74, 6) is 2.17. The Labute approximate surface area is 120 Å². The Hall–Kier alpha value is -1.51. The third-order valence-corrected chi connectivity index (χ3v) is 5.25. The lowest BCUT2D eigenvalue weighted by Crippen LogP contribution is -2.31. The molecule has 0 aliphatic heterocycles. The predicted octanol–water partition coefficient (Wildman–Crippen LogP) is 3.35. The molecule has 0 heterocycles. The molecule has 1 amide bonds. The van der Waals surface area contributed by atoms with Gasteiger partial charge in [0.2, 0.25) is 5.91 Å². The van der Waals surface area contributed by atoms with Crippen LogP contribution in [0.1, 0.15) is 44.2 Å². The van der Waals surface area contributed by atoms with Gasteiger partial charge in [0, 0.05) is 13.0 Å². The molecule has 108 valence electrons. The van der Waals surface area contributed by atoms with Crippen LogP contribution in [0.25, 0.3) is 0 Å². The lowest BCUT2D eigenvalue weighted by atomic mass is 10.0.